The highest BCUT2D eigenvalue weighted by molar-refractivity contribution is 6.31. The maximum absolute atomic E-state index is 13.4. The van der Waals surface area contributed by atoms with Crippen molar-refractivity contribution in [3.8, 4) is 0 Å². The molecule has 3 nitrogen and oxygen atoms in total. The third kappa shape index (κ3) is 2.03. The van der Waals surface area contributed by atoms with Gasteiger partial charge in [-0.15, -0.1) is 0 Å². The molecule has 2 aromatic rings. The van der Waals surface area contributed by atoms with E-state index < -0.39 is 5.82 Å². The summed E-state index contributed by atoms with van der Waals surface area (Å²) in [4.78, 5) is 4.46. The van der Waals surface area contributed by atoms with Crippen LogP contribution in [0.2, 0.25) is 5.02 Å². The highest BCUT2D eigenvalue weighted by Gasteiger charge is 2.40. The average molecular weight is 283 g/mol. The van der Waals surface area contributed by atoms with Crippen molar-refractivity contribution in [2.24, 2.45) is 5.73 Å². The van der Waals surface area contributed by atoms with E-state index in [1.807, 2.05) is 0 Å². The fraction of sp³-hybridized carbons (Fsp3) is 0.500. The maximum atomic E-state index is 13.4. The monoisotopic (exact) mass is 282 g/mol. The first-order valence-corrected chi connectivity index (χ1v) is 6.90. The van der Waals surface area contributed by atoms with Gasteiger partial charge in [0.2, 0.25) is 5.89 Å². The summed E-state index contributed by atoms with van der Waals surface area (Å²) in [6, 6.07) is 2.80. The topological polar surface area (TPSA) is 52.0 Å². The minimum Gasteiger partial charge on any atom is -0.440 e. The van der Waals surface area contributed by atoms with Gasteiger partial charge in [0.1, 0.15) is 11.3 Å². The van der Waals surface area contributed by atoms with Crippen LogP contribution in [0.5, 0.6) is 0 Å². The third-order valence-electron chi connectivity index (χ3n) is 4.20. The largest absolute Gasteiger partial charge is 0.440 e. The van der Waals surface area contributed by atoms with Gasteiger partial charge in [-0.1, -0.05) is 24.4 Å². The number of hydrogen-bond acceptors (Lipinski definition) is 3. The van der Waals surface area contributed by atoms with Gasteiger partial charge in [0.25, 0.3) is 0 Å². The van der Waals surface area contributed by atoms with E-state index in [1.165, 1.54) is 12.1 Å². The molecule has 19 heavy (non-hydrogen) atoms. The molecule has 0 radical (unpaired) electrons. The normalized spacial score (nSPS) is 27.9. The highest BCUT2D eigenvalue weighted by atomic mass is 35.5. The Balaban J connectivity index is 2.10. The van der Waals surface area contributed by atoms with Crippen molar-refractivity contribution in [3.63, 3.8) is 0 Å². The van der Waals surface area contributed by atoms with Crippen LogP contribution >= 0.6 is 11.6 Å². The second-order valence-corrected chi connectivity index (χ2v) is 5.93. The molecule has 0 amide bonds. The van der Waals surface area contributed by atoms with Gasteiger partial charge >= 0.3 is 0 Å². The van der Waals surface area contributed by atoms with Gasteiger partial charge in [0, 0.05) is 12.1 Å². The maximum Gasteiger partial charge on any atom is 0.202 e. The first-order valence-electron chi connectivity index (χ1n) is 6.52. The quantitative estimate of drug-likeness (QED) is 0.866. The number of fused-ring (bicyclic) bond motifs is 1. The minimum absolute atomic E-state index is 0.0228. The van der Waals surface area contributed by atoms with Crippen molar-refractivity contribution in [1.82, 2.24) is 4.98 Å². The molecule has 1 aliphatic carbocycles. The Bertz CT molecular complexity index is 588. The Labute approximate surface area is 115 Å². The van der Waals surface area contributed by atoms with Crippen LogP contribution in [0.1, 0.15) is 38.5 Å². The lowest BCUT2D eigenvalue weighted by Crippen LogP contribution is -2.45. The number of benzene rings is 1. The van der Waals surface area contributed by atoms with Crippen LogP contribution in [-0.4, -0.2) is 11.0 Å². The molecule has 1 aliphatic rings. The van der Waals surface area contributed by atoms with Crippen molar-refractivity contribution in [1.29, 1.82) is 0 Å². The van der Waals surface area contributed by atoms with Crippen molar-refractivity contribution in [2.75, 3.05) is 0 Å². The van der Waals surface area contributed by atoms with Crippen molar-refractivity contribution in [2.45, 2.75) is 44.1 Å². The molecule has 0 saturated heterocycles. The summed E-state index contributed by atoms with van der Waals surface area (Å²) in [6.45, 7) is 2.07. The number of aromatic nitrogens is 1. The zero-order valence-corrected chi connectivity index (χ0v) is 11.5. The summed E-state index contributed by atoms with van der Waals surface area (Å²) in [5, 5.41) is 0.0606. The first kappa shape index (κ1) is 12.9. The molecule has 3 rings (SSSR count). The number of halogens is 2. The number of hydrogen-bond donors (Lipinski definition) is 1. The average Bonchev–Trinajstić information content (AvgIpc) is 2.77. The standard InChI is InChI=1S/C14H16ClFN2O/c1-14(5-3-2-4-12(14)17)13-18-10-6-8(15)9(16)7-11(10)19-13/h6-7,12H,2-5,17H2,1H3. The molecule has 1 saturated carbocycles. The molecule has 0 bridgehead atoms. The molecule has 1 heterocycles. The number of oxazole rings is 1. The van der Waals surface area contributed by atoms with E-state index in [1.54, 1.807) is 0 Å². The number of nitrogens with two attached hydrogens (primary N) is 1. The number of rotatable bonds is 1. The van der Waals surface area contributed by atoms with E-state index in [-0.39, 0.29) is 16.5 Å². The van der Waals surface area contributed by atoms with Crippen LogP contribution in [0.15, 0.2) is 16.5 Å². The van der Waals surface area contributed by atoms with Crippen LogP contribution in [0.4, 0.5) is 4.39 Å². The van der Waals surface area contributed by atoms with Crippen LogP contribution in [0.3, 0.4) is 0 Å². The molecule has 0 spiro atoms. The van der Waals surface area contributed by atoms with E-state index >= 15 is 0 Å². The Hall–Kier alpha value is -1.13. The fourth-order valence-corrected chi connectivity index (χ4v) is 2.95. The van der Waals surface area contributed by atoms with E-state index in [0.29, 0.717) is 17.0 Å². The van der Waals surface area contributed by atoms with Gasteiger partial charge < -0.3 is 10.2 Å². The van der Waals surface area contributed by atoms with Crippen LogP contribution in [-0.2, 0) is 5.41 Å². The molecule has 1 fully saturated rings. The van der Waals surface area contributed by atoms with Gasteiger partial charge in [-0.25, -0.2) is 9.37 Å². The predicted molar refractivity (Wildman–Crippen MR) is 72.8 cm³/mol. The SMILES string of the molecule is CC1(c2nc3cc(Cl)c(F)cc3o2)CCCCC1N. The lowest BCUT2D eigenvalue weighted by molar-refractivity contribution is 0.226. The Morgan fingerprint density at radius 3 is 3.00 bits per heavy atom. The molecule has 5 heteroatoms. The zero-order valence-electron chi connectivity index (χ0n) is 10.7. The van der Waals surface area contributed by atoms with E-state index in [9.17, 15) is 4.39 Å². The summed E-state index contributed by atoms with van der Waals surface area (Å²) >= 11 is 5.76. The van der Waals surface area contributed by atoms with Crippen LogP contribution in [0, 0.1) is 5.82 Å². The Morgan fingerprint density at radius 2 is 2.26 bits per heavy atom. The highest BCUT2D eigenvalue weighted by Crippen LogP contribution is 2.39. The zero-order chi connectivity index (χ0) is 13.6. The summed E-state index contributed by atoms with van der Waals surface area (Å²) in [5.41, 5.74) is 6.96. The van der Waals surface area contributed by atoms with Gasteiger partial charge in [-0.05, 0) is 25.8 Å². The van der Waals surface area contributed by atoms with Crippen molar-refractivity contribution < 1.29 is 8.81 Å². The molecule has 102 valence electrons. The smallest absolute Gasteiger partial charge is 0.202 e. The Kier molecular flexibility index (Phi) is 3.02. The third-order valence-corrected chi connectivity index (χ3v) is 4.49. The van der Waals surface area contributed by atoms with Crippen molar-refractivity contribution >= 4 is 22.7 Å². The molecular formula is C14H16ClFN2O. The summed E-state index contributed by atoms with van der Waals surface area (Å²) in [6.07, 6.45) is 4.15. The second kappa shape index (κ2) is 4.46. The van der Waals surface area contributed by atoms with E-state index in [2.05, 4.69) is 11.9 Å². The van der Waals surface area contributed by atoms with E-state index in [0.717, 1.165) is 25.7 Å². The van der Waals surface area contributed by atoms with E-state index in [4.69, 9.17) is 21.8 Å². The molecule has 2 unspecified atom stereocenters. The summed E-state index contributed by atoms with van der Waals surface area (Å²) in [5.74, 6) is 0.103. The summed E-state index contributed by atoms with van der Waals surface area (Å²) < 4.78 is 19.2. The molecule has 2 N–H and O–H groups in total. The minimum atomic E-state index is -0.491. The first-order chi connectivity index (χ1) is 9.00. The molecule has 1 aromatic carbocycles. The van der Waals surface area contributed by atoms with Crippen molar-refractivity contribution in [3.05, 3.63) is 28.9 Å². The molecule has 1 aromatic heterocycles. The molecule has 0 aliphatic heterocycles. The van der Waals surface area contributed by atoms with Gasteiger partial charge in [0.05, 0.1) is 10.4 Å². The Morgan fingerprint density at radius 1 is 1.47 bits per heavy atom. The van der Waals surface area contributed by atoms with Gasteiger partial charge in [-0.2, -0.15) is 0 Å². The summed E-state index contributed by atoms with van der Waals surface area (Å²) in [7, 11) is 0. The van der Waals surface area contributed by atoms with Crippen LogP contribution in [0.25, 0.3) is 11.1 Å². The number of nitrogens with zero attached hydrogens (tertiary/aromatic N) is 1. The lowest BCUT2D eigenvalue weighted by Gasteiger charge is -2.36. The van der Waals surface area contributed by atoms with Gasteiger partial charge in [0.15, 0.2) is 5.58 Å². The molecule has 2 atom stereocenters. The predicted octanol–water partition coefficient (Wildman–Crippen LogP) is 3.78. The lowest BCUT2D eigenvalue weighted by atomic mass is 9.72. The second-order valence-electron chi connectivity index (χ2n) is 5.52. The van der Waals surface area contributed by atoms with Crippen LogP contribution < -0.4 is 5.73 Å². The molecular weight excluding hydrogens is 267 g/mol. The van der Waals surface area contributed by atoms with Gasteiger partial charge in [-0.3, -0.25) is 0 Å². The fourth-order valence-electron chi connectivity index (χ4n) is 2.79.